The Morgan fingerprint density at radius 3 is 2.92 bits per heavy atom. The van der Waals surface area contributed by atoms with Crippen molar-refractivity contribution in [2.24, 2.45) is 10.9 Å². The molecule has 136 valence electrons. The molecule has 2 heterocycles. The molecule has 1 saturated heterocycles. The summed E-state index contributed by atoms with van der Waals surface area (Å²) in [7, 11) is 1.79. The van der Waals surface area contributed by atoms with E-state index < -0.39 is 0 Å². The van der Waals surface area contributed by atoms with Crippen molar-refractivity contribution in [2.75, 3.05) is 46.6 Å². The molecule has 0 saturated carbocycles. The number of nitrogens with one attached hydrogen (secondary N) is 2. The lowest BCUT2D eigenvalue weighted by molar-refractivity contribution is 0.0888. The standard InChI is InChI=1S/C17H31N5O2/c1-15-11-21-22(12-15)8-3-6-19-17(18-2)20-7-4-9-23-13-16-5-10-24-14-16/h11-12,16H,3-10,13-14H2,1-2H3,(H2,18,19,20). The van der Waals surface area contributed by atoms with Crippen molar-refractivity contribution in [1.82, 2.24) is 20.4 Å². The predicted molar refractivity (Wildman–Crippen MR) is 95.3 cm³/mol. The van der Waals surface area contributed by atoms with E-state index in [0.29, 0.717) is 5.92 Å². The van der Waals surface area contributed by atoms with Gasteiger partial charge in [-0.15, -0.1) is 0 Å². The fourth-order valence-corrected chi connectivity index (χ4v) is 2.60. The normalized spacial score (nSPS) is 18.1. The molecule has 1 aliphatic heterocycles. The third kappa shape index (κ3) is 7.31. The Labute approximate surface area is 144 Å². The van der Waals surface area contributed by atoms with Gasteiger partial charge in [0.25, 0.3) is 0 Å². The molecule has 1 aliphatic rings. The molecular formula is C17H31N5O2. The molecule has 1 unspecified atom stereocenters. The summed E-state index contributed by atoms with van der Waals surface area (Å²) in [6.07, 6.45) is 7.06. The highest BCUT2D eigenvalue weighted by Gasteiger charge is 2.15. The lowest BCUT2D eigenvalue weighted by Gasteiger charge is -2.12. The number of aromatic nitrogens is 2. The molecule has 2 N–H and O–H groups in total. The first-order valence-corrected chi connectivity index (χ1v) is 8.87. The minimum atomic E-state index is 0.589. The summed E-state index contributed by atoms with van der Waals surface area (Å²) in [5.74, 6) is 1.43. The Bertz CT molecular complexity index is 483. The maximum atomic E-state index is 5.69. The second kappa shape index (κ2) is 11.0. The van der Waals surface area contributed by atoms with E-state index in [9.17, 15) is 0 Å². The van der Waals surface area contributed by atoms with Gasteiger partial charge in [0, 0.05) is 52.0 Å². The summed E-state index contributed by atoms with van der Waals surface area (Å²) in [5, 5.41) is 10.9. The monoisotopic (exact) mass is 337 g/mol. The van der Waals surface area contributed by atoms with Gasteiger partial charge >= 0.3 is 0 Å². The Morgan fingerprint density at radius 1 is 1.42 bits per heavy atom. The molecule has 24 heavy (non-hydrogen) atoms. The molecule has 1 fully saturated rings. The fourth-order valence-electron chi connectivity index (χ4n) is 2.60. The molecular weight excluding hydrogens is 306 g/mol. The van der Waals surface area contributed by atoms with Gasteiger partial charge in [-0.2, -0.15) is 5.10 Å². The quantitative estimate of drug-likeness (QED) is 0.381. The van der Waals surface area contributed by atoms with Gasteiger partial charge < -0.3 is 20.1 Å². The Morgan fingerprint density at radius 2 is 2.25 bits per heavy atom. The van der Waals surface area contributed by atoms with E-state index in [4.69, 9.17) is 9.47 Å². The molecule has 0 aliphatic carbocycles. The molecule has 7 heteroatoms. The summed E-state index contributed by atoms with van der Waals surface area (Å²) in [6.45, 7) is 8.04. The van der Waals surface area contributed by atoms with Crippen LogP contribution in [0.25, 0.3) is 0 Å². The molecule has 7 nitrogen and oxygen atoms in total. The van der Waals surface area contributed by atoms with Crippen molar-refractivity contribution < 1.29 is 9.47 Å². The zero-order chi connectivity index (χ0) is 17.0. The highest BCUT2D eigenvalue weighted by molar-refractivity contribution is 5.79. The van der Waals surface area contributed by atoms with Gasteiger partial charge in [-0.25, -0.2) is 0 Å². The predicted octanol–water partition coefficient (Wildman–Crippen LogP) is 1.19. The zero-order valence-electron chi connectivity index (χ0n) is 15.0. The van der Waals surface area contributed by atoms with E-state index in [0.717, 1.165) is 71.3 Å². The number of nitrogens with zero attached hydrogens (tertiary/aromatic N) is 3. The van der Waals surface area contributed by atoms with Crippen molar-refractivity contribution in [2.45, 2.75) is 32.7 Å². The first kappa shape index (κ1) is 18.7. The summed E-state index contributed by atoms with van der Waals surface area (Å²) in [5.41, 5.74) is 1.20. The van der Waals surface area contributed by atoms with Crippen LogP contribution >= 0.6 is 0 Å². The second-order valence-corrected chi connectivity index (χ2v) is 6.22. The van der Waals surface area contributed by atoms with E-state index in [1.165, 1.54) is 5.56 Å². The number of rotatable bonds is 10. The maximum absolute atomic E-state index is 5.69. The first-order valence-electron chi connectivity index (χ1n) is 8.87. The van der Waals surface area contributed by atoms with Gasteiger partial charge in [-0.3, -0.25) is 9.67 Å². The molecule has 1 aromatic heterocycles. The van der Waals surface area contributed by atoms with Gasteiger partial charge in [0.1, 0.15) is 0 Å². The topological polar surface area (TPSA) is 72.7 Å². The minimum absolute atomic E-state index is 0.589. The summed E-state index contributed by atoms with van der Waals surface area (Å²) in [6, 6.07) is 0. The number of guanidine groups is 1. The van der Waals surface area contributed by atoms with Crippen LogP contribution in [0, 0.1) is 12.8 Å². The van der Waals surface area contributed by atoms with Crippen LogP contribution in [0.15, 0.2) is 17.4 Å². The lowest BCUT2D eigenvalue weighted by atomic mass is 10.1. The van der Waals surface area contributed by atoms with Crippen LogP contribution in [0.4, 0.5) is 0 Å². The van der Waals surface area contributed by atoms with E-state index in [2.05, 4.69) is 33.8 Å². The number of aryl methyl sites for hydroxylation is 2. The summed E-state index contributed by atoms with van der Waals surface area (Å²) < 4.78 is 13.0. The van der Waals surface area contributed by atoms with Crippen molar-refractivity contribution in [3.8, 4) is 0 Å². The van der Waals surface area contributed by atoms with Crippen molar-refractivity contribution in [3.05, 3.63) is 18.0 Å². The van der Waals surface area contributed by atoms with Gasteiger partial charge in [0.15, 0.2) is 5.96 Å². The van der Waals surface area contributed by atoms with Crippen LogP contribution in [0.3, 0.4) is 0 Å². The number of hydrogen-bond donors (Lipinski definition) is 2. The van der Waals surface area contributed by atoms with Gasteiger partial charge in [0.2, 0.25) is 0 Å². The Hall–Kier alpha value is -1.60. The van der Waals surface area contributed by atoms with Crippen LogP contribution in [-0.2, 0) is 16.0 Å². The van der Waals surface area contributed by atoms with E-state index in [1.54, 1.807) is 7.05 Å². The summed E-state index contributed by atoms with van der Waals surface area (Å²) >= 11 is 0. The molecule has 1 aromatic rings. The van der Waals surface area contributed by atoms with Gasteiger partial charge in [0.05, 0.1) is 19.4 Å². The van der Waals surface area contributed by atoms with Gasteiger partial charge in [-0.05, 0) is 31.7 Å². The highest BCUT2D eigenvalue weighted by Crippen LogP contribution is 2.12. The fraction of sp³-hybridized carbons (Fsp3) is 0.765. The van der Waals surface area contributed by atoms with E-state index in [-0.39, 0.29) is 0 Å². The Balaban J connectivity index is 1.44. The molecule has 0 spiro atoms. The van der Waals surface area contributed by atoms with Crippen LogP contribution in [0.5, 0.6) is 0 Å². The number of ether oxygens (including phenoxy) is 2. The molecule has 0 aromatic carbocycles. The van der Waals surface area contributed by atoms with Gasteiger partial charge in [-0.1, -0.05) is 0 Å². The summed E-state index contributed by atoms with van der Waals surface area (Å²) in [4.78, 5) is 4.23. The smallest absolute Gasteiger partial charge is 0.190 e. The van der Waals surface area contributed by atoms with Crippen LogP contribution < -0.4 is 10.6 Å². The molecule has 0 amide bonds. The SMILES string of the molecule is CN=C(NCCCOCC1CCOC1)NCCCn1cc(C)cn1. The van der Waals surface area contributed by atoms with Crippen LogP contribution in [0.2, 0.25) is 0 Å². The van der Waals surface area contributed by atoms with Crippen LogP contribution in [0.1, 0.15) is 24.8 Å². The first-order chi connectivity index (χ1) is 11.8. The number of aliphatic imine (C=N–C) groups is 1. The zero-order valence-corrected chi connectivity index (χ0v) is 15.0. The second-order valence-electron chi connectivity index (χ2n) is 6.22. The van der Waals surface area contributed by atoms with Crippen LogP contribution in [-0.4, -0.2) is 62.3 Å². The minimum Gasteiger partial charge on any atom is -0.381 e. The lowest BCUT2D eigenvalue weighted by Crippen LogP contribution is -2.38. The van der Waals surface area contributed by atoms with E-state index >= 15 is 0 Å². The molecule has 1 atom stereocenters. The Kier molecular flexibility index (Phi) is 8.62. The maximum Gasteiger partial charge on any atom is 0.190 e. The largest absolute Gasteiger partial charge is 0.381 e. The number of hydrogen-bond acceptors (Lipinski definition) is 4. The molecule has 2 rings (SSSR count). The third-order valence-electron chi connectivity index (χ3n) is 3.98. The molecule has 0 radical (unpaired) electrons. The van der Waals surface area contributed by atoms with Crippen molar-refractivity contribution >= 4 is 5.96 Å². The van der Waals surface area contributed by atoms with Crippen molar-refractivity contribution in [1.29, 1.82) is 0 Å². The van der Waals surface area contributed by atoms with E-state index in [1.807, 2.05) is 10.9 Å². The van der Waals surface area contributed by atoms with Crippen molar-refractivity contribution in [3.63, 3.8) is 0 Å². The third-order valence-corrected chi connectivity index (χ3v) is 3.98. The molecule has 0 bridgehead atoms. The highest BCUT2D eigenvalue weighted by atomic mass is 16.5. The average Bonchev–Trinajstić information content (AvgIpc) is 3.24. The average molecular weight is 337 g/mol.